The van der Waals surface area contributed by atoms with Crippen LogP contribution in [0, 0.1) is 5.92 Å². The maximum absolute atomic E-state index is 10.3. The molecule has 0 aliphatic heterocycles. The van der Waals surface area contributed by atoms with E-state index in [9.17, 15) is 9.59 Å². The van der Waals surface area contributed by atoms with Crippen LogP contribution in [-0.2, 0) is 9.59 Å². The summed E-state index contributed by atoms with van der Waals surface area (Å²) in [7, 11) is 0. The number of rotatable bonds is 4. The highest BCUT2D eigenvalue weighted by molar-refractivity contribution is 5.73. The first-order chi connectivity index (χ1) is 5.04. The molecule has 64 valence electrons. The molecule has 0 unspecified atom stereocenters. The first kappa shape index (κ1) is 9.94. The maximum atomic E-state index is 10.3. The normalized spacial score (nSPS) is 12.2. The Balaban J connectivity index is 3.39. The molecule has 1 amide bonds. The summed E-state index contributed by atoms with van der Waals surface area (Å²) in [5, 5.41) is 11.0. The lowest BCUT2D eigenvalue weighted by molar-refractivity contribution is -0.141. The van der Waals surface area contributed by atoms with Gasteiger partial charge < -0.3 is 10.4 Å². The number of carbonyl (C=O) groups is 2. The highest BCUT2D eigenvalue weighted by Gasteiger charge is 2.09. The number of nitrogens with one attached hydrogen (secondary N) is 1. The second-order valence-electron chi connectivity index (χ2n) is 2.51. The lowest BCUT2D eigenvalue weighted by atomic mass is 10.1. The predicted molar refractivity (Wildman–Crippen MR) is 40.1 cm³/mol. The molecule has 0 rings (SSSR count). The molecule has 0 aromatic carbocycles. The van der Waals surface area contributed by atoms with Gasteiger partial charge in [-0.25, -0.2) is 0 Å². The topological polar surface area (TPSA) is 66.4 Å². The minimum Gasteiger partial charge on any atom is -0.481 e. The summed E-state index contributed by atoms with van der Waals surface area (Å²) in [6, 6.07) is 0. The molecule has 0 aliphatic rings. The molecule has 0 saturated heterocycles. The molecule has 1 atom stereocenters. The van der Waals surface area contributed by atoms with Crippen molar-refractivity contribution in [1.82, 2.24) is 5.32 Å². The third-order valence-corrected chi connectivity index (χ3v) is 1.37. The van der Waals surface area contributed by atoms with Gasteiger partial charge in [-0.3, -0.25) is 9.59 Å². The molecule has 0 aromatic heterocycles. The van der Waals surface area contributed by atoms with E-state index in [-0.39, 0.29) is 11.8 Å². The standard InChI is InChI=1S/C7H13NO3/c1-5(7(10)11)3-4-8-6(2)9/h5H,3-4H2,1-2H3,(H,8,9)(H,10,11)/t5-/m0/s1. The largest absolute Gasteiger partial charge is 0.481 e. The Morgan fingerprint density at radius 2 is 2.09 bits per heavy atom. The second-order valence-corrected chi connectivity index (χ2v) is 2.51. The van der Waals surface area contributed by atoms with Crippen molar-refractivity contribution in [2.45, 2.75) is 20.3 Å². The molecular weight excluding hydrogens is 146 g/mol. The van der Waals surface area contributed by atoms with Crippen molar-refractivity contribution in [3.05, 3.63) is 0 Å². The summed E-state index contributed by atoms with van der Waals surface area (Å²) >= 11 is 0. The third-order valence-electron chi connectivity index (χ3n) is 1.37. The number of aliphatic carboxylic acids is 1. The van der Waals surface area contributed by atoms with Crippen molar-refractivity contribution in [3.63, 3.8) is 0 Å². The van der Waals surface area contributed by atoms with Gasteiger partial charge in [0, 0.05) is 13.5 Å². The summed E-state index contributed by atoms with van der Waals surface area (Å²) in [5.41, 5.74) is 0. The van der Waals surface area contributed by atoms with E-state index >= 15 is 0 Å². The molecule has 0 bridgehead atoms. The van der Waals surface area contributed by atoms with Crippen LogP contribution < -0.4 is 5.32 Å². The van der Waals surface area contributed by atoms with Gasteiger partial charge in [0.2, 0.25) is 5.91 Å². The second kappa shape index (κ2) is 4.71. The number of amides is 1. The molecular formula is C7H13NO3. The molecule has 2 N–H and O–H groups in total. The summed E-state index contributed by atoms with van der Waals surface area (Å²) in [4.78, 5) is 20.6. The van der Waals surface area contributed by atoms with E-state index in [4.69, 9.17) is 5.11 Å². The van der Waals surface area contributed by atoms with Gasteiger partial charge in [0.15, 0.2) is 0 Å². The Kier molecular flexibility index (Phi) is 4.26. The van der Waals surface area contributed by atoms with Crippen LogP contribution >= 0.6 is 0 Å². The molecule has 0 radical (unpaired) electrons. The number of hydrogen-bond acceptors (Lipinski definition) is 2. The van der Waals surface area contributed by atoms with Crippen molar-refractivity contribution in [2.75, 3.05) is 6.54 Å². The van der Waals surface area contributed by atoms with E-state index in [1.165, 1.54) is 6.92 Å². The molecule has 11 heavy (non-hydrogen) atoms. The highest BCUT2D eigenvalue weighted by atomic mass is 16.4. The number of carbonyl (C=O) groups excluding carboxylic acids is 1. The smallest absolute Gasteiger partial charge is 0.306 e. The van der Waals surface area contributed by atoms with E-state index in [0.29, 0.717) is 13.0 Å². The quantitative estimate of drug-likeness (QED) is 0.617. The number of hydrogen-bond donors (Lipinski definition) is 2. The van der Waals surface area contributed by atoms with Crippen LogP contribution in [0.5, 0.6) is 0 Å². The van der Waals surface area contributed by atoms with Crippen molar-refractivity contribution in [3.8, 4) is 0 Å². The van der Waals surface area contributed by atoms with E-state index < -0.39 is 5.97 Å². The molecule has 0 saturated carbocycles. The highest BCUT2D eigenvalue weighted by Crippen LogP contribution is 1.98. The van der Waals surface area contributed by atoms with Gasteiger partial charge in [0.05, 0.1) is 5.92 Å². The maximum Gasteiger partial charge on any atom is 0.306 e. The fourth-order valence-corrected chi connectivity index (χ4v) is 0.588. The molecule has 0 heterocycles. The van der Waals surface area contributed by atoms with Gasteiger partial charge in [-0.05, 0) is 6.42 Å². The van der Waals surface area contributed by atoms with Gasteiger partial charge >= 0.3 is 5.97 Å². The Labute approximate surface area is 65.6 Å². The summed E-state index contributed by atoms with van der Waals surface area (Å²) in [5.74, 6) is -1.33. The van der Waals surface area contributed by atoms with Crippen molar-refractivity contribution < 1.29 is 14.7 Å². The zero-order chi connectivity index (χ0) is 8.85. The number of carboxylic acid groups (broad SMARTS) is 1. The fourth-order valence-electron chi connectivity index (χ4n) is 0.588. The Morgan fingerprint density at radius 3 is 2.45 bits per heavy atom. The van der Waals surface area contributed by atoms with Crippen LogP contribution in [0.25, 0.3) is 0 Å². The summed E-state index contributed by atoms with van der Waals surface area (Å²) in [6.45, 7) is 3.46. The molecule has 4 nitrogen and oxygen atoms in total. The Hall–Kier alpha value is -1.06. The van der Waals surface area contributed by atoms with Crippen LogP contribution in [0.3, 0.4) is 0 Å². The van der Waals surface area contributed by atoms with Gasteiger partial charge in [-0.1, -0.05) is 6.92 Å². The van der Waals surface area contributed by atoms with Crippen LogP contribution in [0.15, 0.2) is 0 Å². The molecule has 0 spiro atoms. The van der Waals surface area contributed by atoms with E-state index in [2.05, 4.69) is 5.32 Å². The first-order valence-corrected chi connectivity index (χ1v) is 3.51. The van der Waals surface area contributed by atoms with Crippen LogP contribution in [-0.4, -0.2) is 23.5 Å². The minimum absolute atomic E-state index is 0.123. The van der Waals surface area contributed by atoms with Crippen LogP contribution in [0.1, 0.15) is 20.3 Å². The zero-order valence-corrected chi connectivity index (χ0v) is 6.76. The summed E-state index contributed by atoms with van der Waals surface area (Å²) in [6.07, 6.45) is 0.481. The van der Waals surface area contributed by atoms with E-state index in [0.717, 1.165) is 0 Å². The molecule has 0 aliphatic carbocycles. The predicted octanol–water partition coefficient (Wildman–Crippen LogP) is 0.233. The van der Waals surface area contributed by atoms with E-state index in [1.54, 1.807) is 6.92 Å². The zero-order valence-electron chi connectivity index (χ0n) is 6.76. The molecule has 0 aromatic rings. The average molecular weight is 159 g/mol. The van der Waals surface area contributed by atoms with Crippen molar-refractivity contribution in [1.29, 1.82) is 0 Å². The number of carboxylic acids is 1. The first-order valence-electron chi connectivity index (χ1n) is 3.51. The van der Waals surface area contributed by atoms with Crippen LogP contribution in [0.4, 0.5) is 0 Å². The lowest BCUT2D eigenvalue weighted by Gasteiger charge is -2.05. The Bertz CT molecular complexity index is 156. The SMILES string of the molecule is CC(=O)NCC[C@H](C)C(=O)O. The van der Waals surface area contributed by atoms with Gasteiger partial charge in [-0.15, -0.1) is 0 Å². The lowest BCUT2D eigenvalue weighted by Crippen LogP contribution is -2.24. The van der Waals surface area contributed by atoms with E-state index in [1.807, 2.05) is 0 Å². The third kappa shape index (κ3) is 5.39. The Morgan fingerprint density at radius 1 is 1.55 bits per heavy atom. The van der Waals surface area contributed by atoms with Gasteiger partial charge in [0.1, 0.15) is 0 Å². The fraction of sp³-hybridized carbons (Fsp3) is 0.714. The van der Waals surface area contributed by atoms with Gasteiger partial charge in [-0.2, -0.15) is 0 Å². The van der Waals surface area contributed by atoms with Crippen molar-refractivity contribution in [2.24, 2.45) is 5.92 Å². The van der Waals surface area contributed by atoms with Crippen LogP contribution in [0.2, 0.25) is 0 Å². The molecule has 4 heteroatoms. The minimum atomic E-state index is -0.824. The monoisotopic (exact) mass is 159 g/mol. The molecule has 0 fully saturated rings. The average Bonchev–Trinajstić information content (AvgIpc) is 1.86. The van der Waals surface area contributed by atoms with Gasteiger partial charge in [0.25, 0.3) is 0 Å². The van der Waals surface area contributed by atoms with Crippen molar-refractivity contribution >= 4 is 11.9 Å². The summed E-state index contributed by atoms with van der Waals surface area (Å²) < 4.78 is 0.